The van der Waals surface area contributed by atoms with E-state index < -0.39 is 0 Å². The van der Waals surface area contributed by atoms with E-state index >= 15 is 0 Å². The van der Waals surface area contributed by atoms with Gasteiger partial charge in [0.1, 0.15) is 0 Å². The third-order valence-electron chi connectivity index (χ3n) is 6.98. The van der Waals surface area contributed by atoms with E-state index in [1.54, 1.807) is 0 Å². The molecule has 1 saturated heterocycles. The van der Waals surface area contributed by atoms with Crippen molar-refractivity contribution in [2.24, 2.45) is 0 Å². The first kappa shape index (κ1) is 23.0. The Kier molecular flexibility index (Phi) is 7.42. The Morgan fingerprint density at radius 2 is 1.23 bits per heavy atom. The van der Waals surface area contributed by atoms with Crippen LogP contribution in [0.25, 0.3) is 0 Å². The van der Waals surface area contributed by atoms with Crippen LogP contribution in [-0.2, 0) is 22.1 Å². The molecule has 0 N–H and O–H groups in total. The fraction of sp³-hybridized carbons (Fsp3) is 0.571. The maximum Gasteiger partial charge on any atom is 0.0594 e. The first-order valence-corrected chi connectivity index (χ1v) is 11.7. The highest BCUT2D eigenvalue weighted by molar-refractivity contribution is 5.31. The van der Waals surface area contributed by atoms with Crippen molar-refractivity contribution in [3.05, 3.63) is 70.8 Å². The lowest BCUT2D eigenvalue weighted by Gasteiger charge is -2.32. The molecule has 2 aromatic rings. The monoisotopic (exact) mass is 407 g/mol. The average Bonchev–Trinajstić information content (AvgIpc) is 2.74. The Balaban J connectivity index is 1.60. The van der Waals surface area contributed by atoms with Crippen LogP contribution in [-0.4, -0.2) is 31.2 Å². The summed E-state index contributed by atoms with van der Waals surface area (Å²) in [6.45, 7) is 18.9. The topological polar surface area (TPSA) is 12.5 Å². The largest absolute Gasteiger partial charge is 0.379 e. The predicted octanol–water partition coefficient (Wildman–Crippen LogP) is 6.68. The van der Waals surface area contributed by atoms with Crippen LogP contribution in [0.4, 0.5) is 0 Å². The Bertz CT molecular complexity index is 780. The molecule has 0 unspecified atom stereocenters. The Morgan fingerprint density at radius 3 is 1.70 bits per heavy atom. The molecule has 0 saturated carbocycles. The SMILES string of the molecule is CC(C)c1ccc(C(C)(C)CCC(C)(C)c2ccc(CN3CCOCC3)cc2)cc1. The molecular weight excluding hydrogens is 366 g/mol. The number of nitrogens with zero attached hydrogens (tertiary/aromatic N) is 1. The lowest BCUT2D eigenvalue weighted by Crippen LogP contribution is -2.35. The minimum atomic E-state index is 0.173. The second kappa shape index (κ2) is 9.66. The van der Waals surface area contributed by atoms with Gasteiger partial charge in [0, 0.05) is 19.6 Å². The third-order valence-corrected chi connectivity index (χ3v) is 6.98. The van der Waals surface area contributed by atoms with E-state index in [0.717, 1.165) is 32.8 Å². The molecule has 164 valence electrons. The van der Waals surface area contributed by atoms with E-state index in [0.29, 0.717) is 5.92 Å². The van der Waals surface area contributed by atoms with Gasteiger partial charge in [-0.2, -0.15) is 0 Å². The highest BCUT2D eigenvalue weighted by Gasteiger charge is 2.27. The molecule has 2 aromatic carbocycles. The highest BCUT2D eigenvalue weighted by Crippen LogP contribution is 2.36. The van der Waals surface area contributed by atoms with Crippen molar-refractivity contribution < 1.29 is 4.74 Å². The van der Waals surface area contributed by atoms with Crippen LogP contribution in [0.1, 0.15) is 82.6 Å². The highest BCUT2D eigenvalue weighted by atomic mass is 16.5. The number of rotatable bonds is 8. The number of benzene rings is 2. The van der Waals surface area contributed by atoms with Crippen molar-refractivity contribution in [1.82, 2.24) is 4.90 Å². The van der Waals surface area contributed by atoms with Crippen molar-refractivity contribution in [1.29, 1.82) is 0 Å². The van der Waals surface area contributed by atoms with Gasteiger partial charge in [-0.25, -0.2) is 0 Å². The maximum absolute atomic E-state index is 5.46. The van der Waals surface area contributed by atoms with Crippen LogP contribution in [0.5, 0.6) is 0 Å². The van der Waals surface area contributed by atoms with Crippen LogP contribution in [0.2, 0.25) is 0 Å². The minimum Gasteiger partial charge on any atom is -0.379 e. The van der Waals surface area contributed by atoms with Crippen molar-refractivity contribution in [3.8, 4) is 0 Å². The van der Waals surface area contributed by atoms with Gasteiger partial charge in [-0.3, -0.25) is 4.90 Å². The summed E-state index contributed by atoms with van der Waals surface area (Å²) < 4.78 is 5.46. The van der Waals surface area contributed by atoms with Crippen molar-refractivity contribution in [3.63, 3.8) is 0 Å². The van der Waals surface area contributed by atoms with Gasteiger partial charge < -0.3 is 4.74 Å². The Labute approximate surface area is 184 Å². The molecule has 0 spiro atoms. The van der Waals surface area contributed by atoms with Crippen molar-refractivity contribution in [2.75, 3.05) is 26.3 Å². The number of hydrogen-bond acceptors (Lipinski definition) is 2. The molecule has 0 amide bonds. The van der Waals surface area contributed by atoms with Gasteiger partial charge in [0.2, 0.25) is 0 Å². The minimum absolute atomic E-state index is 0.173. The van der Waals surface area contributed by atoms with E-state index in [4.69, 9.17) is 4.74 Å². The van der Waals surface area contributed by atoms with E-state index in [2.05, 4.69) is 95.0 Å². The summed E-state index contributed by atoms with van der Waals surface area (Å²) in [5.74, 6) is 0.590. The standard InChI is InChI=1S/C28H41NO/c1-22(2)24-9-13-26(14-10-24)28(5,6)16-15-27(3,4)25-11-7-23(8-12-25)21-29-17-19-30-20-18-29/h7-14,22H,15-21H2,1-6H3. The van der Waals surface area contributed by atoms with E-state index in [1.165, 1.54) is 35.1 Å². The first-order chi connectivity index (χ1) is 14.2. The van der Waals surface area contributed by atoms with Gasteiger partial charge in [-0.05, 0) is 51.8 Å². The molecule has 2 nitrogen and oxygen atoms in total. The third kappa shape index (κ3) is 5.95. The molecule has 30 heavy (non-hydrogen) atoms. The molecule has 0 aliphatic carbocycles. The van der Waals surface area contributed by atoms with Gasteiger partial charge in [-0.15, -0.1) is 0 Å². The number of morpholine rings is 1. The molecule has 1 fully saturated rings. The van der Waals surface area contributed by atoms with Gasteiger partial charge in [-0.1, -0.05) is 90.1 Å². The molecule has 0 radical (unpaired) electrons. The van der Waals surface area contributed by atoms with E-state index in [1.807, 2.05) is 0 Å². The maximum atomic E-state index is 5.46. The predicted molar refractivity (Wildman–Crippen MR) is 128 cm³/mol. The summed E-state index contributed by atoms with van der Waals surface area (Å²) in [7, 11) is 0. The van der Waals surface area contributed by atoms with Gasteiger partial charge in [0.05, 0.1) is 13.2 Å². The van der Waals surface area contributed by atoms with Crippen LogP contribution < -0.4 is 0 Å². The normalized spacial score (nSPS) is 16.2. The van der Waals surface area contributed by atoms with Gasteiger partial charge in [0.15, 0.2) is 0 Å². The first-order valence-electron chi connectivity index (χ1n) is 11.7. The van der Waals surface area contributed by atoms with E-state index in [9.17, 15) is 0 Å². The summed E-state index contributed by atoms with van der Waals surface area (Å²) in [4.78, 5) is 2.48. The lowest BCUT2D eigenvalue weighted by molar-refractivity contribution is 0.0342. The van der Waals surface area contributed by atoms with Crippen LogP contribution in [0.15, 0.2) is 48.5 Å². The van der Waals surface area contributed by atoms with E-state index in [-0.39, 0.29) is 10.8 Å². The van der Waals surface area contributed by atoms with Gasteiger partial charge >= 0.3 is 0 Å². The summed E-state index contributed by atoms with van der Waals surface area (Å²) >= 11 is 0. The molecule has 1 aliphatic rings. The smallest absolute Gasteiger partial charge is 0.0594 e. The van der Waals surface area contributed by atoms with Crippen molar-refractivity contribution in [2.45, 2.75) is 77.7 Å². The summed E-state index contributed by atoms with van der Waals surface area (Å²) in [5.41, 5.74) is 6.08. The fourth-order valence-corrected chi connectivity index (χ4v) is 4.31. The number of ether oxygens (including phenoxy) is 1. The Hall–Kier alpha value is -1.64. The molecule has 1 heterocycles. The molecule has 0 atom stereocenters. The fourth-order valence-electron chi connectivity index (χ4n) is 4.31. The van der Waals surface area contributed by atoms with Crippen LogP contribution in [0, 0.1) is 0 Å². The molecule has 3 rings (SSSR count). The summed E-state index contributed by atoms with van der Waals surface area (Å²) in [6, 6.07) is 18.6. The zero-order valence-electron chi connectivity index (χ0n) is 20.0. The molecule has 2 heteroatoms. The van der Waals surface area contributed by atoms with Gasteiger partial charge in [0.25, 0.3) is 0 Å². The quantitative estimate of drug-likeness (QED) is 0.484. The second-order valence-electron chi connectivity index (χ2n) is 10.6. The van der Waals surface area contributed by atoms with Crippen LogP contribution in [0.3, 0.4) is 0 Å². The molecule has 0 bridgehead atoms. The van der Waals surface area contributed by atoms with Crippen LogP contribution >= 0.6 is 0 Å². The lowest BCUT2D eigenvalue weighted by atomic mass is 9.72. The average molecular weight is 408 g/mol. The molecule has 1 aliphatic heterocycles. The zero-order valence-corrected chi connectivity index (χ0v) is 20.0. The molecule has 0 aromatic heterocycles. The second-order valence-corrected chi connectivity index (χ2v) is 10.6. The number of hydrogen-bond donors (Lipinski definition) is 0. The summed E-state index contributed by atoms with van der Waals surface area (Å²) in [6.07, 6.45) is 2.35. The Morgan fingerprint density at radius 1 is 0.767 bits per heavy atom. The molecular formula is C28H41NO. The summed E-state index contributed by atoms with van der Waals surface area (Å²) in [5, 5.41) is 0. The van der Waals surface area contributed by atoms with Crippen molar-refractivity contribution >= 4 is 0 Å². The zero-order chi connectivity index (χ0) is 21.8.